The van der Waals surface area contributed by atoms with Crippen molar-refractivity contribution in [2.75, 3.05) is 5.73 Å². The third kappa shape index (κ3) is 4.51. The van der Waals surface area contributed by atoms with Crippen molar-refractivity contribution < 1.29 is 32.2 Å². The standard InChI is InChI=1S/C25H15F4N5O3/c26-18-15(16-10-31-25(30)34-20(16)22(28)29)9-17-21(19(18)27)33-23(32-17)11-1-5-13(6-2-11)37-14-7-3-12(4-8-14)24(35)36/h1-10,22H,(H,32,33)(H,35,36)(H2,30,31,34). The molecule has 0 fully saturated rings. The van der Waals surface area contributed by atoms with Crippen LogP contribution in [0.15, 0.2) is 60.8 Å². The normalized spacial score (nSPS) is 11.3. The minimum atomic E-state index is -3.09. The Morgan fingerprint density at radius 3 is 2.22 bits per heavy atom. The van der Waals surface area contributed by atoms with Crippen LogP contribution in [0.3, 0.4) is 0 Å². The third-order valence-corrected chi connectivity index (χ3v) is 5.46. The summed E-state index contributed by atoms with van der Waals surface area (Å²) in [5.74, 6) is -3.12. The second-order valence-electron chi connectivity index (χ2n) is 7.82. The second kappa shape index (κ2) is 9.22. The molecule has 0 saturated carbocycles. The molecule has 0 unspecified atom stereocenters. The molecule has 2 aromatic heterocycles. The highest BCUT2D eigenvalue weighted by Crippen LogP contribution is 2.35. The monoisotopic (exact) mass is 509 g/mol. The van der Waals surface area contributed by atoms with Gasteiger partial charge in [0.2, 0.25) is 5.95 Å². The summed E-state index contributed by atoms with van der Waals surface area (Å²) in [5, 5.41) is 8.97. The van der Waals surface area contributed by atoms with Crippen molar-refractivity contribution >= 4 is 23.0 Å². The number of nitrogens with zero attached hydrogens (tertiary/aromatic N) is 3. The van der Waals surface area contributed by atoms with Gasteiger partial charge in [-0.3, -0.25) is 0 Å². The summed E-state index contributed by atoms with van der Waals surface area (Å²) in [6.07, 6.45) is -2.18. The number of nitrogens with two attached hydrogens (primary N) is 1. The van der Waals surface area contributed by atoms with Crippen molar-refractivity contribution in [1.82, 2.24) is 19.9 Å². The highest BCUT2D eigenvalue weighted by molar-refractivity contribution is 5.88. The van der Waals surface area contributed by atoms with E-state index in [1.165, 1.54) is 24.3 Å². The molecule has 0 bridgehead atoms. The number of benzene rings is 3. The number of imidazole rings is 1. The zero-order valence-electron chi connectivity index (χ0n) is 18.5. The lowest BCUT2D eigenvalue weighted by Gasteiger charge is -2.10. The highest BCUT2D eigenvalue weighted by atomic mass is 19.3. The largest absolute Gasteiger partial charge is 0.478 e. The number of rotatable bonds is 6. The molecule has 8 nitrogen and oxygen atoms in total. The van der Waals surface area contributed by atoms with Gasteiger partial charge in [-0.1, -0.05) is 0 Å². The van der Waals surface area contributed by atoms with Gasteiger partial charge in [0.15, 0.2) is 11.6 Å². The Labute approximate surface area is 205 Å². The summed E-state index contributed by atoms with van der Waals surface area (Å²) < 4.78 is 62.4. The van der Waals surface area contributed by atoms with Crippen LogP contribution < -0.4 is 10.5 Å². The van der Waals surface area contributed by atoms with Crippen LogP contribution in [0, 0.1) is 11.6 Å². The van der Waals surface area contributed by atoms with Crippen molar-refractivity contribution in [2.24, 2.45) is 0 Å². The van der Waals surface area contributed by atoms with Crippen LogP contribution in [0.1, 0.15) is 22.5 Å². The topological polar surface area (TPSA) is 127 Å². The van der Waals surface area contributed by atoms with E-state index in [9.17, 15) is 22.4 Å². The zero-order chi connectivity index (χ0) is 26.3. The molecule has 3 aromatic carbocycles. The number of nitrogens with one attached hydrogen (secondary N) is 1. The van der Waals surface area contributed by atoms with Gasteiger partial charge in [0.1, 0.15) is 28.5 Å². The lowest BCUT2D eigenvalue weighted by Crippen LogP contribution is -2.03. The molecule has 2 heterocycles. The van der Waals surface area contributed by atoms with Crippen LogP contribution in [-0.4, -0.2) is 31.0 Å². The quantitative estimate of drug-likeness (QED) is 0.241. The molecule has 5 rings (SSSR count). The number of nitrogen functional groups attached to an aromatic ring is 1. The Kier molecular flexibility index (Phi) is 5.91. The van der Waals surface area contributed by atoms with Crippen LogP contribution in [0.4, 0.5) is 23.5 Å². The van der Waals surface area contributed by atoms with Gasteiger partial charge in [-0.05, 0) is 54.6 Å². The van der Waals surface area contributed by atoms with E-state index in [4.69, 9.17) is 15.6 Å². The van der Waals surface area contributed by atoms with Gasteiger partial charge in [-0.25, -0.2) is 37.3 Å². The maximum Gasteiger partial charge on any atom is 0.335 e. The third-order valence-electron chi connectivity index (χ3n) is 5.46. The van der Waals surface area contributed by atoms with Gasteiger partial charge in [0, 0.05) is 22.9 Å². The van der Waals surface area contributed by atoms with Gasteiger partial charge in [-0.2, -0.15) is 0 Å². The fourth-order valence-electron chi connectivity index (χ4n) is 3.69. The lowest BCUT2D eigenvalue weighted by atomic mass is 10.0. The van der Waals surface area contributed by atoms with Gasteiger partial charge < -0.3 is 20.6 Å². The molecule has 4 N–H and O–H groups in total. The summed E-state index contributed by atoms with van der Waals surface area (Å²) >= 11 is 0. The van der Waals surface area contributed by atoms with Gasteiger partial charge in [0.25, 0.3) is 6.43 Å². The highest BCUT2D eigenvalue weighted by Gasteiger charge is 2.24. The number of carboxylic acids is 1. The first-order chi connectivity index (χ1) is 17.7. The number of H-pyrrole nitrogens is 1. The maximum atomic E-state index is 14.9. The lowest BCUT2D eigenvalue weighted by molar-refractivity contribution is 0.0697. The summed E-state index contributed by atoms with van der Waals surface area (Å²) in [6.45, 7) is 0. The van der Waals surface area contributed by atoms with Crippen molar-refractivity contribution in [3.05, 3.63) is 83.7 Å². The van der Waals surface area contributed by atoms with Crippen molar-refractivity contribution in [3.63, 3.8) is 0 Å². The van der Waals surface area contributed by atoms with Crippen LogP contribution in [0.5, 0.6) is 11.5 Å². The molecular weight excluding hydrogens is 494 g/mol. The molecule has 5 aromatic rings. The molecular formula is C25H15F4N5O3. The molecule has 186 valence electrons. The first-order valence-electron chi connectivity index (χ1n) is 10.6. The van der Waals surface area contributed by atoms with Gasteiger partial charge in [-0.15, -0.1) is 0 Å². The average molecular weight is 509 g/mol. The summed E-state index contributed by atoms with van der Waals surface area (Å²) in [4.78, 5) is 25.0. The summed E-state index contributed by atoms with van der Waals surface area (Å²) in [6, 6.07) is 13.4. The number of fused-ring (bicyclic) bond motifs is 1. The summed E-state index contributed by atoms with van der Waals surface area (Å²) in [7, 11) is 0. The number of anilines is 1. The summed E-state index contributed by atoms with van der Waals surface area (Å²) in [5.41, 5.74) is 4.08. The number of carbonyl (C=O) groups is 1. The predicted octanol–water partition coefficient (Wildman–Crippen LogP) is 5.98. The number of ether oxygens (including phenoxy) is 1. The number of aromatic amines is 1. The van der Waals surface area contributed by atoms with Crippen molar-refractivity contribution in [1.29, 1.82) is 0 Å². The minimum Gasteiger partial charge on any atom is -0.478 e. The number of hydrogen-bond acceptors (Lipinski definition) is 6. The Morgan fingerprint density at radius 1 is 0.946 bits per heavy atom. The fraction of sp³-hybridized carbons (Fsp3) is 0.0400. The van der Waals surface area contributed by atoms with Crippen molar-refractivity contribution in [2.45, 2.75) is 6.43 Å². The smallest absolute Gasteiger partial charge is 0.335 e. The van der Waals surface area contributed by atoms with Crippen LogP contribution in [0.2, 0.25) is 0 Å². The van der Waals surface area contributed by atoms with E-state index >= 15 is 0 Å². The SMILES string of the molecule is Nc1ncc(-c2cc3[nH]c(-c4ccc(Oc5ccc(C(=O)O)cc5)cc4)nc3c(F)c2F)c(C(F)F)n1. The molecule has 0 aliphatic heterocycles. The zero-order valence-corrected chi connectivity index (χ0v) is 18.5. The van der Waals surface area contributed by atoms with Gasteiger partial charge in [0.05, 0.1) is 11.1 Å². The van der Waals surface area contributed by atoms with E-state index in [0.29, 0.717) is 17.1 Å². The van der Waals surface area contributed by atoms with E-state index in [-0.39, 0.29) is 22.4 Å². The van der Waals surface area contributed by atoms with Crippen molar-refractivity contribution in [3.8, 4) is 34.0 Å². The van der Waals surface area contributed by atoms with E-state index < -0.39 is 46.8 Å². The van der Waals surface area contributed by atoms with Crippen LogP contribution >= 0.6 is 0 Å². The first-order valence-corrected chi connectivity index (χ1v) is 10.6. The Balaban J connectivity index is 1.47. The number of carboxylic acid groups (broad SMARTS) is 1. The second-order valence-corrected chi connectivity index (χ2v) is 7.82. The molecule has 0 saturated heterocycles. The van der Waals surface area contributed by atoms with E-state index in [1.807, 2.05) is 0 Å². The molecule has 0 atom stereocenters. The molecule has 0 radical (unpaired) electrons. The average Bonchev–Trinajstić information content (AvgIpc) is 3.31. The first kappa shape index (κ1) is 23.7. The molecule has 0 amide bonds. The molecule has 0 aliphatic carbocycles. The number of hydrogen-bond donors (Lipinski definition) is 3. The molecule has 37 heavy (non-hydrogen) atoms. The fourth-order valence-corrected chi connectivity index (χ4v) is 3.69. The van der Waals surface area contributed by atoms with Crippen LogP contribution in [0.25, 0.3) is 33.5 Å². The van der Waals surface area contributed by atoms with Gasteiger partial charge >= 0.3 is 5.97 Å². The maximum absolute atomic E-state index is 14.9. The Bertz CT molecular complexity index is 1640. The predicted molar refractivity (Wildman–Crippen MR) is 125 cm³/mol. The number of alkyl halides is 2. The number of halogens is 4. The van der Waals surface area contributed by atoms with Crippen LogP contribution in [-0.2, 0) is 0 Å². The van der Waals surface area contributed by atoms with E-state index in [0.717, 1.165) is 12.3 Å². The number of aromatic carboxylic acids is 1. The molecule has 0 spiro atoms. The number of aromatic nitrogens is 4. The Hall–Kier alpha value is -5.00. The Morgan fingerprint density at radius 2 is 1.59 bits per heavy atom. The van der Waals surface area contributed by atoms with E-state index in [1.54, 1.807) is 24.3 Å². The van der Waals surface area contributed by atoms with E-state index in [2.05, 4.69) is 19.9 Å². The molecule has 12 heteroatoms. The minimum absolute atomic E-state index is 0.0692. The molecule has 0 aliphatic rings.